The molecule has 1 amide bonds. The zero-order chi connectivity index (χ0) is 18.0. The number of aromatic amines is 1. The van der Waals surface area contributed by atoms with E-state index in [9.17, 15) is 18.0 Å². The molecule has 130 valence electrons. The van der Waals surface area contributed by atoms with Crippen LogP contribution in [0.4, 0.5) is 13.2 Å². The summed E-state index contributed by atoms with van der Waals surface area (Å²) in [7, 11) is 1.51. The van der Waals surface area contributed by atoms with Gasteiger partial charge in [-0.2, -0.15) is 23.4 Å². The van der Waals surface area contributed by atoms with E-state index in [2.05, 4.69) is 10.2 Å². The highest BCUT2D eigenvalue weighted by Crippen LogP contribution is 2.27. The number of halogens is 3. The summed E-state index contributed by atoms with van der Waals surface area (Å²) >= 11 is 0. The van der Waals surface area contributed by atoms with Crippen LogP contribution in [0.3, 0.4) is 0 Å². The minimum atomic E-state index is -4.56. The number of carbonyl (C=O) groups is 1. The number of carbonyl (C=O) groups excluding carboxylic acids is 1. The first-order chi connectivity index (χ1) is 11.8. The van der Waals surface area contributed by atoms with E-state index in [1.54, 1.807) is 23.1 Å². The molecule has 6 nitrogen and oxygen atoms in total. The van der Waals surface area contributed by atoms with E-state index in [4.69, 9.17) is 0 Å². The number of amides is 1. The van der Waals surface area contributed by atoms with Crippen LogP contribution in [0, 0.1) is 0 Å². The normalized spacial score (nSPS) is 11.5. The van der Waals surface area contributed by atoms with Crippen LogP contribution in [0.5, 0.6) is 0 Å². The first-order valence-electron chi connectivity index (χ1n) is 7.31. The van der Waals surface area contributed by atoms with Crippen LogP contribution in [0.25, 0.3) is 5.69 Å². The maximum atomic E-state index is 12.6. The number of hydrogen-bond donors (Lipinski definition) is 1. The number of hydrogen-bond acceptors (Lipinski definition) is 3. The number of benzene rings is 1. The average Bonchev–Trinajstić information content (AvgIpc) is 3.26. The standard InChI is InChI=1S/C16H14F3N5O/c1-23(15(25)13-9-14(22-21-13)16(17,18)19)10-11-3-5-12(6-4-11)24-8-2-7-20-24/h2-9H,10H2,1H3,(H,21,22). The molecule has 0 saturated heterocycles. The summed E-state index contributed by atoms with van der Waals surface area (Å²) in [5, 5.41) is 9.40. The van der Waals surface area contributed by atoms with Gasteiger partial charge in [-0.05, 0) is 23.8 Å². The Morgan fingerprint density at radius 1 is 1.28 bits per heavy atom. The van der Waals surface area contributed by atoms with Gasteiger partial charge in [-0.25, -0.2) is 4.68 Å². The van der Waals surface area contributed by atoms with Crippen molar-refractivity contribution in [2.75, 3.05) is 7.05 Å². The van der Waals surface area contributed by atoms with Crippen LogP contribution in [0.2, 0.25) is 0 Å². The molecule has 1 aromatic carbocycles. The lowest BCUT2D eigenvalue weighted by atomic mass is 10.2. The first kappa shape index (κ1) is 16.7. The van der Waals surface area contributed by atoms with Crippen LogP contribution in [-0.4, -0.2) is 37.8 Å². The van der Waals surface area contributed by atoms with E-state index < -0.39 is 17.8 Å². The fraction of sp³-hybridized carbons (Fsp3) is 0.188. The van der Waals surface area contributed by atoms with Gasteiger partial charge in [0.05, 0.1) is 5.69 Å². The summed E-state index contributed by atoms with van der Waals surface area (Å²) in [4.78, 5) is 13.5. The number of nitrogens with one attached hydrogen (secondary N) is 1. The fourth-order valence-corrected chi connectivity index (χ4v) is 2.29. The van der Waals surface area contributed by atoms with Gasteiger partial charge >= 0.3 is 6.18 Å². The third kappa shape index (κ3) is 3.70. The number of H-pyrrole nitrogens is 1. The molecule has 0 spiro atoms. The van der Waals surface area contributed by atoms with E-state index in [-0.39, 0.29) is 12.2 Å². The van der Waals surface area contributed by atoms with Gasteiger partial charge in [-0.15, -0.1) is 0 Å². The monoisotopic (exact) mass is 349 g/mol. The smallest absolute Gasteiger partial charge is 0.336 e. The number of aromatic nitrogens is 4. The van der Waals surface area contributed by atoms with Gasteiger partial charge in [0.1, 0.15) is 5.69 Å². The van der Waals surface area contributed by atoms with E-state index in [0.717, 1.165) is 11.3 Å². The Morgan fingerprint density at radius 2 is 2.00 bits per heavy atom. The van der Waals surface area contributed by atoms with Gasteiger partial charge in [0, 0.05) is 32.1 Å². The van der Waals surface area contributed by atoms with Gasteiger partial charge in [0.2, 0.25) is 0 Å². The zero-order valence-corrected chi connectivity index (χ0v) is 13.2. The summed E-state index contributed by atoms with van der Waals surface area (Å²) in [5.41, 5.74) is 0.374. The van der Waals surface area contributed by atoms with Crippen molar-refractivity contribution in [3.63, 3.8) is 0 Å². The summed E-state index contributed by atoms with van der Waals surface area (Å²) in [6.45, 7) is 0.242. The van der Waals surface area contributed by atoms with Crippen molar-refractivity contribution >= 4 is 5.91 Å². The largest absolute Gasteiger partial charge is 0.432 e. The number of alkyl halides is 3. The molecule has 1 N–H and O–H groups in total. The van der Waals surface area contributed by atoms with Crippen LogP contribution >= 0.6 is 0 Å². The Bertz CT molecular complexity index is 853. The van der Waals surface area contributed by atoms with Gasteiger partial charge in [0.25, 0.3) is 5.91 Å². The predicted octanol–water partition coefficient (Wildman–Crippen LogP) is 2.89. The third-order valence-corrected chi connectivity index (χ3v) is 3.57. The second-order valence-electron chi connectivity index (χ2n) is 5.44. The van der Waals surface area contributed by atoms with E-state index >= 15 is 0 Å². The SMILES string of the molecule is CN(Cc1ccc(-n2cccn2)cc1)C(=O)c1cc(C(F)(F)F)[nH]n1. The van der Waals surface area contributed by atoms with Gasteiger partial charge < -0.3 is 4.90 Å². The lowest BCUT2D eigenvalue weighted by Crippen LogP contribution is -2.26. The number of rotatable bonds is 4. The fourth-order valence-electron chi connectivity index (χ4n) is 2.29. The first-order valence-corrected chi connectivity index (χ1v) is 7.31. The Morgan fingerprint density at radius 3 is 2.56 bits per heavy atom. The van der Waals surface area contributed by atoms with Gasteiger partial charge in [-0.1, -0.05) is 12.1 Å². The molecule has 0 atom stereocenters. The van der Waals surface area contributed by atoms with Gasteiger partial charge in [0.15, 0.2) is 5.69 Å². The summed E-state index contributed by atoms with van der Waals surface area (Å²) < 4.78 is 39.4. The van der Waals surface area contributed by atoms with Crippen molar-refractivity contribution in [2.45, 2.75) is 12.7 Å². The van der Waals surface area contributed by atoms with Crippen molar-refractivity contribution in [3.8, 4) is 5.69 Å². The predicted molar refractivity (Wildman–Crippen MR) is 83.0 cm³/mol. The van der Waals surface area contributed by atoms with Crippen molar-refractivity contribution in [1.29, 1.82) is 0 Å². The molecule has 2 aromatic heterocycles. The quantitative estimate of drug-likeness (QED) is 0.788. The van der Waals surface area contributed by atoms with E-state index in [1.165, 1.54) is 11.9 Å². The minimum Gasteiger partial charge on any atom is -0.336 e. The highest BCUT2D eigenvalue weighted by Gasteiger charge is 2.34. The van der Waals surface area contributed by atoms with Crippen molar-refractivity contribution in [2.24, 2.45) is 0 Å². The van der Waals surface area contributed by atoms with Crippen LogP contribution in [0.1, 0.15) is 21.7 Å². The maximum absolute atomic E-state index is 12.6. The molecule has 0 bridgehead atoms. The van der Waals surface area contributed by atoms with E-state index in [1.807, 2.05) is 29.4 Å². The van der Waals surface area contributed by atoms with Gasteiger partial charge in [-0.3, -0.25) is 9.89 Å². The van der Waals surface area contributed by atoms with Crippen LogP contribution in [-0.2, 0) is 12.7 Å². The van der Waals surface area contributed by atoms with Crippen molar-refractivity contribution in [3.05, 3.63) is 65.7 Å². The second kappa shape index (κ2) is 6.42. The Hall–Kier alpha value is -3.10. The molecule has 2 heterocycles. The maximum Gasteiger partial charge on any atom is 0.432 e. The Balaban J connectivity index is 1.68. The molecule has 0 aliphatic heterocycles. The lowest BCUT2D eigenvalue weighted by molar-refractivity contribution is -0.141. The van der Waals surface area contributed by atoms with Crippen molar-refractivity contribution < 1.29 is 18.0 Å². The molecule has 3 aromatic rings. The molecule has 0 aliphatic rings. The topological polar surface area (TPSA) is 66.8 Å². The molecule has 3 rings (SSSR count). The molecule has 0 aliphatic carbocycles. The molecule has 0 saturated carbocycles. The molecular formula is C16H14F3N5O. The molecule has 0 radical (unpaired) electrons. The molecular weight excluding hydrogens is 335 g/mol. The highest BCUT2D eigenvalue weighted by molar-refractivity contribution is 5.92. The summed E-state index contributed by atoms with van der Waals surface area (Å²) in [5.74, 6) is -0.595. The molecule has 0 unspecified atom stereocenters. The average molecular weight is 349 g/mol. The lowest BCUT2D eigenvalue weighted by Gasteiger charge is -2.16. The van der Waals surface area contributed by atoms with E-state index in [0.29, 0.717) is 6.07 Å². The summed E-state index contributed by atoms with van der Waals surface area (Å²) in [6, 6.07) is 9.85. The Labute approximate surface area is 140 Å². The molecule has 9 heteroatoms. The Kier molecular flexibility index (Phi) is 4.30. The zero-order valence-electron chi connectivity index (χ0n) is 13.2. The van der Waals surface area contributed by atoms with Crippen LogP contribution in [0.15, 0.2) is 48.8 Å². The van der Waals surface area contributed by atoms with Crippen LogP contribution < -0.4 is 0 Å². The molecule has 0 fully saturated rings. The molecule has 25 heavy (non-hydrogen) atoms. The van der Waals surface area contributed by atoms with Crippen molar-refractivity contribution in [1.82, 2.24) is 24.9 Å². The third-order valence-electron chi connectivity index (χ3n) is 3.57. The second-order valence-corrected chi connectivity index (χ2v) is 5.44. The number of nitrogens with zero attached hydrogens (tertiary/aromatic N) is 4. The minimum absolute atomic E-state index is 0.242. The summed E-state index contributed by atoms with van der Waals surface area (Å²) in [6.07, 6.45) is -1.09. The highest BCUT2D eigenvalue weighted by atomic mass is 19.4.